The molecule has 0 atom stereocenters. The second-order valence-electron chi connectivity index (χ2n) is 4.49. The van der Waals surface area contributed by atoms with Crippen molar-refractivity contribution in [3.8, 4) is 0 Å². The molecule has 1 amide bonds. The van der Waals surface area contributed by atoms with Crippen molar-refractivity contribution in [3.05, 3.63) is 70.7 Å². The highest BCUT2D eigenvalue weighted by Crippen LogP contribution is 2.19. The van der Waals surface area contributed by atoms with E-state index in [0.717, 1.165) is 10.6 Å². The fourth-order valence-electron chi connectivity index (χ4n) is 1.83. The van der Waals surface area contributed by atoms with E-state index in [9.17, 15) is 9.18 Å². The lowest BCUT2D eigenvalue weighted by molar-refractivity contribution is 0.102. The van der Waals surface area contributed by atoms with Gasteiger partial charge in [0.2, 0.25) is 5.13 Å². The smallest absolute Gasteiger partial charge is 0.257 e. The van der Waals surface area contributed by atoms with Gasteiger partial charge in [0.25, 0.3) is 5.91 Å². The maximum atomic E-state index is 12.9. The summed E-state index contributed by atoms with van der Waals surface area (Å²) in [7, 11) is 0. The molecule has 22 heavy (non-hydrogen) atoms. The summed E-state index contributed by atoms with van der Waals surface area (Å²) in [5, 5.41) is 11.8. The first-order chi connectivity index (χ1) is 10.7. The van der Waals surface area contributed by atoms with E-state index in [0.29, 0.717) is 17.1 Å². The van der Waals surface area contributed by atoms with Crippen molar-refractivity contribution in [1.29, 1.82) is 0 Å². The Balaban J connectivity index is 1.66. The molecule has 0 unspecified atom stereocenters. The molecule has 2 aromatic heterocycles. The molecule has 0 aliphatic heterocycles. The number of nitrogens with zero attached hydrogens (tertiary/aromatic N) is 3. The summed E-state index contributed by atoms with van der Waals surface area (Å²) >= 11 is 1.29. The number of anilines is 1. The Kier molecular flexibility index (Phi) is 4.15. The van der Waals surface area contributed by atoms with E-state index in [1.165, 1.54) is 23.5 Å². The highest BCUT2D eigenvalue weighted by atomic mass is 32.1. The minimum absolute atomic E-state index is 0.258. The van der Waals surface area contributed by atoms with Crippen molar-refractivity contribution >= 4 is 22.4 Å². The lowest BCUT2D eigenvalue weighted by atomic mass is 10.2. The van der Waals surface area contributed by atoms with E-state index in [1.807, 2.05) is 0 Å². The Bertz CT molecular complexity index is 774. The van der Waals surface area contributed by atoms with Crippen LogP contribution >= 0.6 is 11.3 Å². The predicted molar refractivity (Wildman–Crippen MR) is 81.3 cm³/mol. The Morgan fingerprint density at radius 2 is 1.82 bits per heavy atom. The van der Waals surface area contributed by atoms with Crippen molar-refractivity contribution in [2.45, 2.75) is 6.42 Å². The number of carbonyl (C=O) groups is 1. The highest BCUT2D eigenvalue weighted by molar-refractivity contribution is 7.15. The Labute approximate surface area is 129 Å². The van der Waals surface area contributed by atoms with Crippen molar-refractivity contribution in [2.75, 3.05) is 5.32 Å². The van der Waals surface area contributed by atoms with E-state index >= 15 is 0 Å². The van der Waals surface area contributed by atoms with Gasteiger partial charge in [-0.1, -0.05) is 23.5 Å². The van der Waals surface area contributed by atoms with Gasteiger partial charge in [-0.25, -0.2) is 4.39 Å². The van der Waals surface area contributed by atoms with Gasteiger partial charge in [-0.15, -0.1) is 10.2 Å². The lowest BCUT2D eigenvalue weighted by Gasteiger charge is -1.99. The van der Waals surface area contributed by atoms with Gasteiger partial charge in [0, 0.05) is 24.4 Å². The Morgan fingerprint density at radius 1 is 1.09 bits per heavy atom. The van der Waals surface area contributed by atoms with Gasteiger partial charge in [0.15, 0.2) is 0 Å². The Hall–Kier alpha value is -2.67. The largest absolute Gasteiger partial charge is 0.296 e. The predicted octanol–water partition coefficient (Wildman–Crippen LogP) is 2.92. The van der Waals surface area contributed by atoms with Crippen molar-refractivity contribution in [1.82, 2.24) is 15.2 Å². The number of amides is 1. The van der Waals surface area contributed by atoms with Crippen LogP contribution in [0.4, 0.5) is 9.52 Å². The van der Waals surface area contributed by atoms with Crippen LogP contribution < -0.4 is 5.32 Å². The summed E-state index contributed by atoms with van der Waals surface area (Å²) in [4.78, 5) is 15.8. The third-order valence-corrected chi connectivity index (χ3v) is 3.74. The summed E-state index contributed by atoms with van der Waals surface area (Å²) in [5.74, 6) is -0.529. The number of carbonyl (C=O) groups excluding carboxylic acids is 1. The molecule has 1 N–H and O–H groups in total. The number of hydrogen-bond acceptors (Lipinski definition) is 5. The number of aromatic nitrogens is 3. The standard InChI is InChI=1S/C15H11FN4OS/c16-12-3-1-10(2-4-12)9-13-19-20-15(22-13)18-14(21)11-5-7-17-8-6-11/h1-8H,9H2,(H,18,20,21). The minimum atomic E-state index is -0.272. The summed E-state index contributed by atoms with van der Waals surface area (Å²) in [6.07, 6.45) is 3.65. The Morgan fingerprint density at radius 3 is 2.55 bits per heavy atom. The third kappa shape index (κ3) is 3.50. The normalized spacial score (nSPS) is 10.4. The molecule has 3 aromatic rings. The van der Waals surface area contributed by atoms with Crippen LogP contribution in [0.2, 0.25) is 0 Å². The van der Waals surface area contributed by atoms with Gasteiger partial charge in [0.05, 0.1) is 0 Å². The molecular formula is C15H11FN4OS. The molecule has 7 heteroatoms. The summed E-state index contributed by atoms with van der Waals surface area (Å²) in [6, 6.07) is 9.45. The van der Waals surface area contributed by atoms with Crippen LogP contribution in [0.25, 0.3) is 0 Å². The van der Waals surface area contributed by atoms with E-state index < -0.39 is 0 Å². The number of benzene rings is 1. The second-order valence-corrected chi connectivity index (χ2v) is 5.56. The van der Waals surface area contributed by atoms with E-state index in [-0.39, 0.29) is 11.7 Å². The highest BCUT2D eigenvalue weighted by Gasteiger charge is 2.10. The average Bonchev–Trinajstić information content (AvgIpc) is 2.97. The van der Waals surface area contributed by atoms with E-state index in [2.05, 4.69) is 20.5 Å². The first-order valence-corrected chi connectivity index (χ1v) is 7.30. The van der Waals surface area contributed by atoms with Crippen molar-refractivity contribution < 1.29 is 9.18 Å². The molecule has 0 saturated heterocycles. The van der Waals surface area contributed by atoms with Gasteiger partial charge in [-0.2, -0.15) is 0 Å². The number of pyridine rings is 1. The minimum Gasteiger partial charge on any atom is -0.296 e. The molecule has 0 radical (unpaired) electrons. The van der Waals surface area contributed by atoms with Gasteiger partial charge < -0.3 is 0 Å². The fraction of sp³-hybridized carbons (Fsp3) is 0.0667. The zero-order valence-electron chi connectivity index (χ0n) is 11.4. The van der Waals surface area contributed by atoms with Crippen molar-refractivity contribution in [3.63, 3.8) is 0 Å². The van der Waals surface area contributed by atoms with Gasteiger partial charge in [-0.3, -0.25) is 15.1 Å². The topological polar surface area (TPSA) is 67.8 Å². The maximum absolute atomic E-state index is 12.9. The van der Waals surface area contributed by atoms with Crippen LogP contribution in [-0.4, -0.2) is 21.1 Å². The molecule has 0 fully saturated rings. The zero-order valence-corrected chi connectivity index (χ0v) is 12.2. The SMILES string of the molecule is O=C(Nc1nnc(Cc2ccc(F)cc2)s1)c1ccncc1. The first-order valence-electron chi connectivity index (χ1n) is 6.49. The monoisotopic (exact) mass is 314 g/mol. The third-order valence-electron chi connectivity index (χ3n) is 2.90. The fourth-order valence-corrected chi connectivity index (χ4v) is 2.59. The lowest BCUT2D eigenvalue weighted by Crippen LogP contribution is -2.11. The van der Waals surface area contributed by atoms with Gasteiger partial charge in [0.1, 0.15) is 10.8 Å². The molecule has 5 nitrogen and oxygen atoms in total. The van der Waals surface area contributed by atoms with E-state index in [1.54, 1.807) is 36.7 Å². The molecule has 0 aliphatic carbocycles. The summed E-state index contributed by atoms with van der Waals surface area (Å²) in [5.41, 5.74) is 1.44. The van der Waals surface area contributed by atoms with Crippen LogP contribution in [0.1, 0.15) is 20.9 Å². The van der Waals surface area contributed by atoms with Gasteiger partial charge >= 0.3 is 0 Å². The van der Waals surface area contributed by atoms with Crippen LogP contribution in [-0.2, 0) is 6.42 Å². The van der Waals surface area contributed by atoms with Crippen molar-refractivity contribution in [2.24, 2.45) is 0 Å². The number of nitrogens with one attached hydrogen (secondary N) is 1. The number of halogens is 1. The molecule has 0 aliphatic rings. The first kappa shape index (κ1) is 14.3. The van der Waals surface area contributed by atoms with Crippen LogP contribution in [0.3, 0.4) is 0 Å². The van der Waals surface area contributed by atoms with E-state index in [4.69, 9.17) is 0 Å². The van der Waals surface area contributed by atoms with Gasteiger partial charge in [-0.05, 0) is 29.8 Å². The number of rotatable bonds is 4. The molecule has 2 heterocycles. The van der Waals surface area contributed by atoms with Crippen LogP contribution in [0.15, 0.2) is 48.8 Å². The average molecular weight is 314 g/mol. The van der Waals surface area contributed by atoms with Crippen LogP contribution in [0, 0.1) is 5.82 Å². The molecule has 0 bridgehead atoms. The molecule has 110 valence electrons. The molecule has 0 saturated carbocycles. The number of hydrogen-bond donors (Lipinski definition) is 1. The molecule has 1 aromatic carbocycles. The van der Waals surface area contributed by atoms with Crippen LogP contribution in [0.5, 0.6) is 0 Å². The molecule has 3 rings (SSSR count). The zero-order chi connectivity index (χ0) is 15.4. The quantitative estimate of drug-likeness (QED) is 0.804. The molecular weight excluding hydrogens is 303 g/mol. The summed E-state index contributed by atoms with van der Waals surface area (Å²) in [6.45, 7) is 0. The molecule has 0 spiro atoms. The summed E-state index contributed by atoms with van der Waals surface area (Å²) < 4.78 is 12.9. The second kappa shape index (κ2) is 6.40. The maximum Gasteiger partial charge on any atom is 0.257 e.